The van der Waals surface area contributed by atoms with Crippen LogP contribution >= 0.6 is 0 Å². The molecule has 4 aliphatic rings. The maximum Gasteiger partial charge on any atom is 0.411 e. The number of hydrogen-bond donors (Lipinski definition) is 2. The monoisotopic (exact) mass is 612 g/mol. The van der Waals surface area contributed by atoms with E-state index < -0.39 is 62.4 Å². The molecule has 43 heavy (non-hydrogen) atoms. The first kappa shape index (κ1) is 29.2. The van der Waals surface area contributed by atoms with Gasteiger partial charge in [0.2, 0.25) is 21.8 Å². The van der Waals surface area contributed by atoms with Crippen LogP contribution in [0.5, 0.6) is 11.6 Å². The molecule has 3 amide bonds. The number of aromatic nitrogens is 1. The van der Waals surface area contributed by atoms with Gasteiger partial charge in [0, 0.05) is 35.9 Å². The van der Waals surface area contributed by atoms with Crippen molar-refractivity contribution in [2.24, 2.45) is 5.92 Å². The Hall–Kier alpha value is -3.87. The highest BCUT2D eigenvalue weighted by atomic mass is 32.2. The molecule has 13 heteroatoms. The molecule has 12 nitrogen and oxygen atoms in total. The van der Waals surface area contributed by atoms with Gasteiger partial charge >= 0.3 is 6.09 Å². The Morgan fingerprint density at radius 1 is 1.19 bits per heavy atom. The van der Waals surface area contributed by atoms with Crippen LogP contribution in [0.3, 0.4) is 0 Å². The number of benzene rings is 1. The molecule has 0 unspecified atom stereocenters. The summed E-state index contributed by atoms with van der Waals surface area (Å²) < 4.78 is 44.7. The van der Waals surface area contributed by atoms with Gasteiger partial charge in [0.1, 0.15) is 29.0 Å². The van der Waals surface area contributed by atoms with Crippen molar-refractivity contribution in [1.82, 2.24) is 19.9 Å². The van der Waals surface area contributed by atoms with Crippen LogP contribution in [0.1, 0.15) is 52.0 Å². The third-order valence-corrected chi connectivity index (χ3v) is 10.1. The van der Waals surface area contributed by atoms with Crippen molar-refractivity contribution in [3.63, 3.8) is 0 Å². The first-order chi connectivity index (χ1) is 20.3. The highest BCUT2D eigenvalue weighted by molar-refractivity contribution is 7.91. The summed E-state index contributed by atoms with van der Waals surface area (Å²) in [5.74, 6) is -0.665. The average molecular weight is 613 g/mol. The quantitative estimate of drug-likeness (QED) is 0.428. The van der Waals surface area contributed by atoms with Gasteiger partial charge in [0.05, 0.1) is 18.4 Å². The van der Waals surface area contributed by atoms with E-state index in [0.717, 1.165) is 28.5 Å². The van der Waals surface area contributed by atoms with Crippen LogP contribution in [0, 0.1) is 5.92 Å². The molecule has 6 rings (SSSR count). The summed E-state index contributed by atoms with van der Waals surface area (Å²) in [5, 5.41) is 3.92. The van der Waals surface area contributed by atoms with Crippen LogP contribution in [-0.2, 0) is 30.8 Å². The summed E-state index contributed by atoms with van der Waals surface area (Å²) in [7, 11) is -3.83. The molecule has 2 aliphatic heterocycles. The zero-order valence-electron chi connectivity index (χ0n) is 24.4. The van der Waals surface area contributed by atoms with Crippen LogP contribution in [0.25, 0.3) is 10.8 Å². The predicted molar refractivity (Wildman–Crippen MR) is 156 cm³/mol. The first-order valence-electron chi connectivity index (χ1n) is 14.5. The molecule has 2 aromatic rings. The van der Waals surface area contributed by atoms with Gasteiger partial charge < -0.3 is 19.5 Å². The fourth-order valence-corrected chi connectivity index (χ4v) is 7.22. The van der Waals surface area contributed by atoms with Gasteiger partial charge in [-0.15, -0.1) is 6.58 Å². The van der Waals surface area contributed by atoms with Crippen LogP contribution in [-0.4, -0.2) is 77.9 Å². The zero-order chi connectivity index (χ0) is 30.7. The highest BCUT2D eigenvalue weighted by Crippen LogP contribution is 2.45. The number of sulfonamides is 1. The van der Waals surface area contributed by atoms with Crippen molar-refractivity contribution >= 4 is 38.7 Å². The minimum absolute atomic E-state index is 0.0409. The van der Waals surface area contributed by atoms with E-state index in [0.29, 0.717) is 25.3 Å². The van der Waals surface area contributed by atoms with Gasteiger partial charge in [-0.05, 0) is 63.6 Å². The number of nitrogens with zero attached hydrogens (tertiary/aromatic N) is 2. The van der Waals surface area contributed by atoms with Crippen molar-refractivity contribution in [1.29, 1.82) is 0 Å². The van der Waals surface area contributed by atoms with Crippen molar-refractivity contribution in [2.75, 3.05) is 13.2 Å². The van der Waals surface area contributed by atoms with Crippen molar-refractivity contribution in [3.05, 3.63) is 42.6 Å². The summed E-state index contributed by atoms with van der Waals surface area (Å²) in [6.07, 6.45) is 3.91. The van der Waals surface area contributed by atoms with Crippen molar-refractivity contribution in [2.45, 2.75) is 81.4 Å². The molecular formula is C30H36N4O8S. The molecule has 1 saturated heterocycles. The third kappa shape index (κ3) is 5.62. The SMILES string of the molecule is C=C[C@@H]1C[C@]1(NC(=O)[C@@H]1C[C@@H](Oc2nccc3c4c(ccc23)OCC4)CN1C(=O)OC(C)(C)C)C(=O)NS(=O)(=O)C1CC1. The molecule has 3 heterocycles. The van der Waals surface area contributed by atoms with E-state index in [1.807, 2.05) is 18.2 Å². The fraction of sp³-hybridized carbons (Fsp3) is 0.533. The third-order valence-electron chi connectivity index (χ3n) is 8.31. The number of fused-ring (bicyclic) bond motifs is 3. The Labute approximate surface area is 250 Å². The van der Waals surface area contributed by atoms with Crippen LogP contribution in [0.4, 0.5) is 4.79 Å². The average Bonchev–Trinajstić information content (AvgIpc) is 3.81. The molecular weight excluding hydrogens is 576 g/mol. The lowest BCUT2D eigenvalue weighted by Crippen LogP contribution is -2.56. The number of pyridine rings is 1. The molecule has 1 aromatic carbocycles. The smallest absolute Gasteiger partial charge is 0.411 e. The molecule has 2 saturated carbocycles. The summed E-state index contributed by atoms with van der Waals surface area (Å²) >= 11 is 0. The van der Waals surface area contributed by atoms with Crippen LogP contribution in [0.15, 0.2) is 37.1 Å². The van der Waals surface area contributed by atoms with Crippen molar-refractivity contribution < 1.29 is 37.0 Å². The second kappa shape index (κ2) is 10.4. The summed E-state index contributed by atoms with van der Waals surface area (Å²) in [6, 6.07) is 4.64. The molecule has 1 aromatic heterocycles. The van der Waals surface area contributed by atoms with Gasteiger partial charge in [-0.2, -0.15) is 0 Å². The normalized spacial score (nSPS) is 26.3. The lowest BCUT2D eigenvalue weighted by atomic mass is 10.0. The largest absolute Gasteiger partial charge is 0.493 e. The van der Waals surface area contributed by atoms with Gasteiger partial charge in [0.25, 0.3) is 5.91 Å². The number of amides is 3. The van der Waals surface area contributed by atoms with Gasteiger partial charge in [-0.1, -0.05) is 6.08 Å². The molecule has 0 bridgehead atoms. The minimum atomic E-state index is -3.83. The standard InChI is InChI=1S/C30H36N4O8S/c1-5-17-15-30(17,27(36)33-43(38,39)19-6-7-19)32-25(35)23-14-18(16-34(23)28(37)42-29(2,3)4)41-26-22-8-9-24-21(11-13-40-24)20(22)10-12-31-26/h5,8-10,12,17-19,23H,1,6-7,11,13-16H2,2-4H3,(H,32,35)(H,33,36)/t17-,18-,23+,30-/m1/s1. The highest BCUT2D eigenvalue weighted by Gasteiger charge is 2.62. The maximum atomic E-state index is 13.8. The van der Waals surface area contributed by atoms with Crippen LogP contribution in [0.2, 0.25) is 0 Å². The second-order valence-corrected chi connectivity index (χ2v) is 14.6. The summed E-state index contributed by atoms with van der Waals surface area (Å²) in [6.45, 7) is 9.57. The first-order valence-corrected chi connectivity index (χ1v) is 16.1. The number of ether oxygens (including phenoxy) is 3. The Kier molecular flexibility index (Phi) is 7.06. The molecule has 230 valence electrons. The number of carbonyl (C=O) groups is 3. The topological polar surface area (TPSA) is 153 Å². The lowest BCUT2D eigenvalue weighted by molar-refractivity contribution is -0.131. The Morgan fingerprint density at radius 2 is 1.95 bits per heavy atom. The van der Waals surface area contributed by atoms with E-state index in [-0.39, 0.29) is 19.4 Å². The van der Waals surface area contributed by atoms with Crippen LogP contribution < -0.4 is 19.5 Å². The predicted octanol–water partition coefficient (Wildman–Crippen LogP) is 2.60. The Morgan fingerprint density at radius 3 is 2.63 bits per heavy atom. The van der Waals surface area contributed by atoms with E-state index in [1.165, 1.54) is 11.0 Å². The molecule has 4 atom stereocenters. The summed E-state index contributed by atoms with van der Waals surface area (Å²) in [5.41, 5.74) is -1.21. The molecule has 2 N–H and O–H groups in total. The lowest BCUT2D eigenvalue weighted by Gasteiger charge is -2.29. The van der Waals surface area contributed by atoms with Gasteiger partial charge in [-0.25, -0.2) is 18.2 Å². The molecule has 3 fully saturated rings. The molecule has 0 radical (unpaired) electrons. The Bertz CT molecular complexity index is 1620. The number of likely N-dealkylation sites (tertiary alicyclic amines) is 1. The zero-order valence-corrected chi connectivity index (χ0v) is 25.2. The molecule has 2 aliphatic carbocycles. The summed E-state index contributed by atoms with van der Waals surface area (Å²) in [4.78, 5) is 46.0. The number of carbonyl (C=O) groups excluding carboxylic acids is 3. The van der Waals surface area contributed by atoms with E-state index in [1.54, 1.807) is 27.0 Å². The van der Waals surface area contributed by atoms with E-state index >= 15 is 0 Å². The Balaban J connectivity index is 1.24. The van der Waals surface area contributed by atoms with E-state index in [4.69, 9.17) is 14.2 Å². The number of hydrogen-bond acceptors (Lipinski definition) is 9. The molecule has 0 spiro atoms. The van der Waals surface area contributed by atoms with E-state index in [9.17, 15) is 22.8 Å². The van der Waals surface area contributed by atoms with Crippen molar-refractivity contribution in [3.8, 4) is 11.6 Å². The number of nitrogens with one attached hydrogen (secondary N) is 2. The maximum absolute atomic E-state index is 13.8. The minimum Gasteiger partial charge on any atom is -0.493 e. The fourth-order valence-electron chi connectivity index (χ4n) is 5.85. The van der Waals surface area contributed by atoms with Gasteiger partial charge in [0.15, 0.2) is 0 Å². The van der Waals surface area contributed by atoms with Gasteiger partial charge in [-0.3, -0.25) is 19.2 Å². The van der Waals surface area contributed by atoms with E-state index in [2.05, 4.69) is 21.6 Å². The number of rotatable bonds is 8. The second-order valence-electron chi connectivity index (χ2n) is 12.7.